The van der Waals surface area contributed by atoms with Crippen molar-refractivity contribution in [1.82, 2.24) is 5.32 Å². The standard InChI is InChI=1S/C21H16Cl2F4N2O/c22-15-4-13(5-16(23)18(15)24)19(21(25,26)27)6-17(29-8-19)11-1-2-14-12(3-11)7-30-20(14)9-28-10-20/h1-5,28H,6-10H2. The summed E-state index contributed by atoms with van der Waals surface area (Å²) in [4.78, 5) is 4.24. The maximum Gasteiger partial charge on any atom is 0.400 e. The van der Waals surface area contributed by atoms with Gasteiger partial charge < -0.3 is 10.1 Å². The molecule has 0 saturated carbocycles. The maximum atomic E-state index is 14.2. The summed E-state index contributed by atoms with van der Waals surface area (Å²) in [6.07, 6.45) is -4.99. The van der Waals surface area contributed by atoms with E-state index in [0.717, 1.165) is 36.3 Å². The van der Waals surface area contributed by atoms with Gasteiger partial charge in [0.1, 0.15) is 11.0 Å². The van der Waals surface area contributed by atoms with Crippen LogP contribution >= 0.6 is 23.2 Å². The first kappa shape index (κ1) is 20.2. The van der Waals surface area contributed by atoms with Crippen molar-refractivity contribution in [3.8, 4) is 0 Å². The average Bonchev–Trinajstić information content (AvgIpc) is 3.27. The van der Waals surface area contributed by atoms with Gasteiger partial charge in [0, 0.05) is 25.2 Å². The predicted molar refractivity (Wildman–Crippen MR) is 106 cm³/mol. The minimum absolute atomic E-state index is 0.186. The summed E-state index contributed by atoms with van der Waals surface area (Å²) in [5, 5.41) is 2.31. The van der Waals surface area contributed by atoms with Gasteiger partial charge in [-0.2, -0.15) is 13.2 Å². The van der Waals surface area contributed by atoms with E-state index in [-0.39, 0.29) is 17.6 Å². The molecule has 0 aromatic heterocycles. The second kappa shape index (κ2) is 6.66. The Morgan fingerprint density at radius 3 is 2.37 bits per heavy atom. The molecule has 1 unspecified atom stereocenters. The SMILES string of the molecule is Fc1c(Cl)cc(C2(C(F)(F)F)CN=C(c3ccc4c(c3)COC43CNC3)C2)cc1Cl. The van der Waals surface area contributed by atoms with E-state index in [2.05, 4.69) is 10.3 Å². The van der Waals surface area contributed by atoms with Gasteiger partial charge in [-0.1, -0.05) is 35.3 Å². The lowest BCUT2D eigenvalue weighted by Crippen LogP contribution is -2.56. The van der Waals surface area contributed by atoms with Gasteiger partial charge in [0.05, 0.1) is 23.2 Å². The highest BCUT2D eigenvalue weighted by Gasteiger charge is 2.58. The van der Waals surface area contributed by atoms with Gasteiger partial charge in [-0.15, -0.1) is 0 Å². The number of aliphatic imine (C=N–C) groups is 1. The third-order valence-corrected chi connectivity index (χ3v) is 6.89. The first-order valence-electron chi connectivity index (χ1n) is 9.39. The lowest BCUT2D eigenvalue weighted by atomic mass is 9.76. The third-order valence-electron chi connectivity index (χ3n) is 6.34. The quantitative estimate of drug-likeness (QED) is 0.498. The summed E-state index contributed by atoms with van der Waals surface area (Å²) in [6, 6.07) is 7.57. The summed E-state index contributed by atoms with van der Waals surface area (Å²) < 4.78 is 62.5. The van der Waals surface area contributed by atoms with Crippen LogP contribution in [0.1, 0.15) is 28.7 Å². The smallest absolute Gasteiger partial charge is 0.363 e. The van der Waals surface area contributed by atoms with Crippen molar-refractivity contribution in [1.29, 1.82) is 0 Å². The Morgan fingerprint density at radius 1 is 1.07 bits per heavy atom. The molecular weight excluding hydrogens is 443 g/mol. The van der Waals surface area contributed by atoms with Crippen molar-refractivity contribution in [3.63, 3.8) is 0 Å². The van der Waals surface area contributed by atoms with Crippen LogP contribution in [0, 0.1) is 5.82 Å². The van der Waals surface area contributed by atoms with E-state index in [1.807, 2.05) is 12.1 Å². The average molecular weight is 459 g/mol. The van der Waals surface area contributed by atoms with Gasteiger partial charge in [-0.3, -0.25) is 4.99 Å². The van der Waals surface area contributed by atoms with Crippen molar-refractivity contribution >= 4 is 28.9 Å². The monoisotopic (exact) mass is 458 g/mol. The Morgan fingerprint density at radius 2 is 1.77 bits per heavy atom. The molecule has 1 spiro atoms. The van der Waals surface area contributed by atoms with E-state index in [9.17, 15) is 17.6 Å². The topological polar surface area (TPSA) is 33.6 Å². The third kappa shape index (κ3) is 2.83. The number of rotatable bonds is 2. The van der Waals surface area contributed by atoms with E-state index in [1.54, 1.807) is 6.07 Å². The number of ether oxygens (including phenoxy) is 1. The van der Waals surface area contributed by atoms with Gasteiger partial charge >= 0.3 is 6.18 Å². The van der Waals surface area contributed by atoms with E-state index < -0.39 is 34.0 Å². The molecule has 0 aliphatic carbocycles. The molecule has 3 aliphatic rings. The van der Waals surface area contributed by atoms with Crippen molar-refractivity contribution in [2.45, 2.75) is 30.2 Å². The second-order valence-corrected chi connectivity index (χ2v) is 8.85. The molecule has 0 radical (unpaired) electrons. The summed E-state index contributed by atoms with van der Waals surface area (Å²) in [7, 11) is 0. The highest BCUT2D eigenvalue weighted by atomic mass is 35.5. The first-order valence-corrected chi connectivity index (χ1v) is 10.1. The Hall–Kier alpha value is -1.67. The van der Waals surface area contributed by atoms with E-state index >= 15 is 0 Å². The normalized spacial score (nSPS) is 24.7. The number of hydrogen-bond acceptors (Lipinski definition) is 3. The molecule has 2 aromatic carbocycles. The van der Waals surface area contributed by atoms with Crippen LogP contribution in [0.4, 0.5) is 17.6 Å². The van der Waals surface area contributed by atoms with Crippen molar-refractivity contribution in [3.05, 3.63) is 68.4 Å². The molecule has 158 valence electrons. The van der Waals surface area contributed by atoms with Crippen molar-refractivity contribution in [2.24, 2.45) is 4.99 Å². The molecular formula is C21H16Cl2F4N2O. The van der Waals surface area contributed by atoms with Crippen LogP contribution in [0.3, 0.4) is 0 Å². The van der Waals surface area contributed by atoms with Crippen LogP contribution in [0.25, 0.3) is 0 Å². The number of nitrogens with one attached hydrogen (secondary N) is 1. The van der Waals surface area contributed by atoms with Gasteiger partial charge in [-0.25, -0.2) is 4.39 Å². The second-order valence-electron chi connectivity index (χ2n) is 8.03. The molecule has 9 heteroatoms. The molecule has 3 heterocycles. The fourth-order valence-electron chi connectivity index (χ4n) is 4.48. The fourth-order valence-corrected chi connectivity index (χ4v) is 4.96. The van der Waals surface area contributed by atoms with Gasteiger partial charge in [-0.05, 0) is 40.5 Å². The number of fused-ring (bicyclic) bond motifs is 2. The van der Waals surface area contributed by atoms with E-state index in [0.29, 0.717) is 17.9 Å². The van der Waals surface area contributed by atoms with Gasteiger partial charge in [0.2, 0.25) is 0 Å². The minimum Gasteiger partial charge on any atom is -0.363 e. The molecule has 0 bridgehead atoms. The first-order chi connectivity index (χ1) is 14.2. The number of nitrogens with zero attached hydrogens (tertiary/aromatic N) is 1. The number of halogens is 6. The van der Waals surface area contributed by atoms with Crippen LogP contribution in [0.5, 0.6) is 0 Å². The molecule has 1 saturated heterocycles. The van der Waals surface area contributed by atoms with Crippen molar-refractivity contribution in [2.75, 3.05) is 19.6 Å². The Kier molecular flexibility index (Phi) is 4.50. The summed E-state index contributed by atoms with van der Waals surface area (Å²) >= 11 is 11.6. The lowest BCUT2D eigenvalue weighted by Gasteiger charge is -2.39. The minimum atomic E-state index is -4.62. The number of benzene rings is 2. The molecule has 3 aliphatic heterocycles. The zero-order chi connectivity index (χ0) is 21.3. The summed E-state index contributed by atoms with van der Waals surface area (Å²) in [5.74, 6) is -0.934. The molecule has 2 aromatic rings. The zero-order valence-electron chi connectivity index (χ0n) is 15.5. The Labute approximate surface area is 180 Å². The molecule has 1 fully saturated rings. The molecule has 3 nitrogen and oxygen atoms in total. The molecule has 1 atom stereocenters. The van der Waals surface area contributed by atoms with E-state index in [4.69, 9.17) is 27.9 Å². The largest absolute Gasteiger partial charge is 0.400 e. The van der Waals surface area contributed by atoms with Gasteiger partial charge in [0.15, 0.2) is 5.82 Å². The maximum absolute atomic E-state index is 14.2. The fraction of sp³-hybridized carbons (Fsp3) is 0.381. The van der Waals surface area contributed by atoms with Crippen LogP contribution in [0.2, 0.25) is 10.0 Å². The van der Waals surface area contributed by atoms with Crippen LogP contribution in [-0.4, -0.2) is 31.5 Å². The van der Waals surface area contributed by atoms with Gasteiger partial charge in [0.25, 0.3) is 0 Å². The predicted octanol–water partition coefficient (Wildman–Crippen LogP) is 5.15. The number of alkyl halides is 3. The summed E-state index contributed by atoms with van der Waals surface area (Å²) in [5.41, 5.74) is 0.207. The number of hydrogen-bond donors (Lipinski definition) is 1. The Balaban J connectivity index is 1.51. The van der Waals surface area contributed by atoms with Crippen molar-refractivity contribution < 1.29 is 22.3 Å². The molecule has 5 rings (SSSR count). The highest BCUT2D eigenvalue weighted by Crippen LogP contribution is 2.49. The van der Waals surface area contributed by atoms with Crippen LogP contribution in [-0.2, 0) is 22.4 Å². The Bertz CT molecular complexity index is 1060. The van der Waals surface area contributed by atoms with E-state index in [1.165, 1.54) is 0 Å². The van der Waals surface area contributed by atoms with Crippen LogP contribution in [0.15, 0.2) is 35.3 Å². The lowest BCUT2D eigenvalue weighted by molar-refractivity contribution is -0.183. The van der Waals surface area contributed by atoms with Crippen LogP contribution < -0.4 is 5.32 Å². The summed E-state index contributed by atoms with van der Waals surface area (Å²) in [6.45, 7) is 1.37. The highest BCUT2D eigenvalue weighted by molar-refractivity contribution is 6.35. The molecule has 30 heavy (non-hydrogen) atoms. The molecule has 0 amide bonds. The molecule has 1 N–H and O–H groups in total. The zero-order valence-corrected chi connectivity index (χ0v) is 17.1.